The Balaban J connectivity index is 2.09. The first-order chi connectivity index (χ1) is 10.9. The highest BCUT2D eigenvalue weighted by molar-refractivity contribution is 5.42. The molecule has 0 amide bonds. The maximum atomic E-state index is 12.8. The van der Waals surface area contributed by atoms with Gasteiger partial charge in [0.2, 0.25) is 11.5 Å². The Labute approximate surface area is 127 Å². The molecule has 6 nitrogen and oxygen atoms in total. The number of aromatic nitrogens is 4. The molecule has 3 aromatic rings. The minimum absolute atomic E-state index is 0.395. The molecule has 3 rings (SSSR count). The van der Waals surface area contributed by atoms with Gasteiger partial charge in [-0.15, -0.1) is 10.2 Å². The standard InChI is InChI=1S/C14H11F3N4O2/c1-2-23-10-5-3-9(4-6-10)20-7-8-21-11(12(20)22)18-19-13(21)14(15,16)17/h3-8H,2H2,1H3. The first kappa shape index (κ1) is 15.1. The van der Waals surface area contributed by atoms with Crippen molar-refractivity contribution in [1.82, 2.24) is 19.2 Å². The average Bonchev–Trinajstić information content (AvgIpc) is 2.94. The highest BCUT2D eigenvalue weighted by Crippen LogP contribution is 2.27. The van der Waals surface area contributed by atoms with Crippen LogP contribution >= 0.6 is 0 Å². The third-order valence-corrected chi connectivity index (χ3v) is 3.15. The van der Waals surface area contributed by atoms with Crippen LogP contribution in [0.5, 0.6) is 5.75 Å². The summed E-state index contributed by atoms with van der Waals surface area (Å²) in [5.74, 6) is -0.601. The summed E-state index contributed by atoms with van der Waals surface area (Å²) in [6.45, 7) is 2.35. The van der Waals surface area contributed by atoms with E-state index in [4.69, 9.17) is 4.74 Å². The van der Waals surface area contributed by atoms with Crippen LogP contribution in [0.2, 0.25) is 0 Å². The van der Waals surface area contributed by atoms with Crippen molar-refractivity contribution in [1.29, 1.82) is 0 Å². The van der Waals surface area contributed by atoms with E-state index in [1.807, 2.05) is 6.92 Å². The molecule has 1 aromatic carbocycles. The Kier molecular flexibility index (Phi) is 3.55. The molecule has 0 bridgehead atoms. The van der Waals surface area contributed by atoms with E-state index in [1.54, 1.807) is 24.3 Å². The highest BCUT2D eigenvalue weighted by atomic mass is 19.4. The molecule has 2 aromatic heterocycles. The fourth-order valence-electron chi connectivity index (χ4n) is 2.15. The van der Waals surface area contributed by atoms with Gasteiger partial charge in [0.1, 0.15) is 5.75 Å². The van der Waals surface area contributed by atoms with Crippen molar-refractivity contribution in [3.63, 3.8) is 0 Å². The van der Waals surface area contributed by atoms with Crippen molar-refractivity contribution in [3.8, 4) is 11.4 Å². The Morgan fingerprint density at radius 2 is 1.83 bits per heavy atom. The fraction of sp³-hybridized carbons (Fsp3) is 0.214. The topological polar surface area (TPSA) is 61.4 Å². The third kappa shape index (κ3) is 2.65. The van der Waals surface area contributed by atoms with Gasteiger partial charge in [0, 0.05) is 18.1 Å². The fourth-order valence-corrected chi connectivity index (χ4v) is 2.15. The molecular weight excluding hydrogens is 313 g/mol. The quantitative estimate of drug-likeness (QED) is 0.742. The van der Waals surface area contributed by atoms with Crippen LogP contribution in [0.1, 0.15) is 12.7 Å². The van der Waals surface area contributed by atoms with Gasteiger partial charge in [0.15, 0.2) is 0 Å². The van der Waals surface area contributed by atoms with Gasteiger partial charge < -0.3 is 4.74 Å². The molecule has 23 heavy (non-hydrogen) atoms. The molecule has 2 heterocycles. The SMILES string of the molecule is CCOc1ccc(-n2ccn3c(C(F)(F)F)nnc3c2=O)cc1. The number of fused-ring (bicyclic) bond motifs is 1. The molecule has 120 valence electrons. The molecule has 0 N–H and O–H groups in total. The minimum Gasteiger partial charge on any atom is -0.494 e. The molecular formula is C14H11F3N4O2. The number of alkyl halides is 3. The molecule has 0 aliphatic carbocycles. The summed E-state index contributed by atoms with van der Waals surface area (Å²) in [5, 5.41) is 6.41. The van der Waals surface area contributed by atoms with Crippen molar-refractivity contribution in [2.24, 2.45) is 0 Å². The molecule has 0 aliphatic heterocycles. The number of hydrogen-bond acceptors (Lipinski definition) is 4. The van der Waals surface area contributed by atoms with Crippen molar-refractivity contribution in [3.05, 3.63) is 52.8 Å². The number of nitrogens with zero attached hydrogens (tertiary/aromatic N) is 4. The Bertz CT molecular complexity index is 897. The summed E-state index contributed by atoms with van der Waals surface area (Å²) in [7, 11) is 0. The summed E-state index contributed by atoms with van der Waals surface area (Å²) >= 11 is 0. The number of rotatable bonds is 3. The Morgan fingerprint density at radius 1 is 1.13 bits per heavy atom. The second-order valence-corrected chi connectivity index (χ2v) is 4.62. The molecule has 0 spiro atoms. The number of hydrogen-bond donors (Lipinski definition) is 0. The van der Waals surface area contributed by atoms with Crippen molar-refractivity contribution in [2.45, 2.75) is 13.1 Å². The average molecular weight is 324 g/mol. The monoisotopic (exact) mass is 324 g/mol. The van der Waals surface area contributed by atoms with Crippen LogP contribution < -0.4 is 10.3 Å². The van der Waals surface area contributed by atoms with Gasteiger partial charge in [-0.2, -0.15) is 13.2 Å². The van der Waals surface area contributed by atoms with E-state index < -0.39 is 23.2 Å². The summed E-state index contributed by atoms with van der Waals surface area (Å²) in [4.78, 5) is 12.3. The molecule has 0 unspecified atom stereocenters. The van der Waals surface area contributed by atoms with Gasteiger partial charge in [-0.25, -0.2) is 0 Å². The summed E-state index contributed by atoms with van der Waals surface area (Å²) < 4.78 is 45.5. The third-order valence-electron chi connectivity index (χ3n) is 3.15. The maximum Gasteiger partial charge on any atom is 0.452 e. The first-order valence-electron chi connectivity index (χ1n) is 6.68. The van der Waals surface area contributed by atoms with Gasteiger partial charge in [-0.1, -0.05) is 0 Å². The minimum atomic E-state index is -4.68. The van der Waals surface area contributed by atoms with Gasteiger partial charge >= 0.3 is 11.7 Å². The van der Waals surface area contributed by atoms with E-state index in [2.05, 4.69) is 10.2 Å². The largest absolute Gasteiger partial charge is 0.494 e. The first-order valence-corrected chi connectivity index (χ1v) is 6.68. The van der Waals surface area contributed by atoms with E-state index in [0.717, 1.165) is 6.20 Å². The molecule has 0 aliphatic rings. The van der Waals surface area contributed by atoms with Crippen molar-refractivity contribution >= 4 is 5.65 Å². The molecule has 0 radical (unpaired) electrons. The lowest BCUT2D eigenvalue weighted by Gasteiger charge is -2.08. The molecule has 0 fully saturated rings. The van der Waals surface area contributed by atoms with Crippen LogP contribution in [0.4, 0.5) is 13.2 Å². The molecule has 0 saturated carbocycles. The predicted molar refractivity (Wildman–Crippen MR) is 74.8 cm³/mol. The van der Waals surface area contributed by atoms with Crippen molar-refractivity contribution in [2.75, 3.05) is 6.61 Å². The summed E-state index contributed by atoms with van der Waals surface area (Å²) in [6, 6.07) is 6.59. The molecule has 0 saturated heterocycles. The van der Waals surface area contributed by atoms with Crippen LogP contribution in [0.3, 0.4) is 0 Å². The lowest BCUT2D eigenvalue weighted by Crippen LogP contribution is -2.21. The van der Waals surface area contributed by atoms with Crippen LogP contribution in [-0.4, -0.2) is 25.8 Å². The van der Waals surface area contributed by atoms with Crippen LogP contribution in [0, 0.1) is 0 Å². The van der Waals surface area contributed by atoms with Gasteiger partial charge in [-0.3, -0.25) is 13.8 Å². The van der Waals surface area contributed by atoms with E-state index >= 15 is 0 Å². The zero-order valence-electron chi connectivity index (χ0n) is 11.9. The lowest BCUT2D eigenvalue weighted by molar-refractivity contribution is -0.145. The van der Waals surface area contributed by atoms with Crippen LogP contribution in [0.25, 0.3) is 11.3 Å². The predicted octanol–water partition coefficient (Wildman–Crippen LogP) is 2.30. The number of ether oxygens (including phenoxy) is 1. The van der Waals surface area contributed by atoms with E-state index in [9.17, 15) is 18.0 Å². The van der Waals surface area contributed by atoms with Gasteiger partial charge in [-0.05, 0) is 31.2 Å². The van der Waals surface area contributed by atoms with Crippen LogP contribution in [-0.2, 0) is 6.18 Å². The molecule has 0 atom stereocenters. The van der Waals surface area contributed by atoms with Crippen LogP contribution in [0.15, 0.2) is 41.5 Å². The van der Waals surface area contributed by atoms with Gasteiger partial charge in [0.25, 0.3) is 0 Å². The summed E-state index contributed by atoms with van der Waals surface area (Å²) in [5.41, 5.74) is -0.606. The van der Waals surface area contributed by atoms with E-state index in [-0.39, 0.29) is 0 Å². The second kappa shape index (κ2) is 5.41. The lowest BCUT2D eigenvalue weighted by atomic mass is 10.3. The number of halogens is 3. The zero-order chi connectivity index (χ0) is 16.6. The number of benzene rings is 1. The smallest absolute Gasteiger partial charge is 0.452 e. The summed E-state index contributed by atoms with van der Waals surface area (Å²) in [6.07, 6.45) is -2.34. The van der Waals surface area contributed by atoms with E-state index in [0.29, 0.717) is 22.4 Å². The van der Waals surface area contributed by atoms with Crippen molar-refractivity contribution < 1.29 is 17.9 Å². The Hall–Kier alpha value is -2.84. The van der Waals surface area contributed by atoms with Gasteiger partial charge in [0.05, 0.1) is 6.61 Å². The normalized spacial score (nSPS) is 11.8. The highest BCUT2D eigenvalue weighted by Gasteiger charge is 2.37. The van der Waals surface area contributed by atoms with E-state index in [1.165, 1.54) is 10.8 Å². The Morgan fingerprint density at radius 3 is 2.43 bits per heavy atom. The maximum absolute atomic E-state index is 12.8. The molecule has 9 heteroatoms. The zero-order valence-corrected chi connectivity index (χ0v) is 11.9. The second-order valence-electron chi connectivity index (χ2n) is 4.62.